The summed E-state index contributed by atoms with van der Waals surface area (Å²) in [6.45, 7) is 1.30. The van der Waals surface area contributed by atoms with Crippen LogP contribution < -0.4 is 0 Å². The Bertz CT molecular complexity index is 67.3. The Morgan fingerprint density at radius 1 is 1.71 bits per heavy atom. The van der Waals surface area contributed by atoms with Gasteiger partial charge in [0, 0.05) is 0 Å². The van der Waals surface area contributed by atoms with Crippen LogP contribution in [0.5, 0.6) is 0 Å². The second-order valence-electron chi connectivity index (χ2n) is 1.39. The van der Waals surface area contributed by atoms with Gasteiger partial charge in [0.15, 0.2) is 6.29 Å². The predicted molar refractivity (Wildman–Crippen MR) is 23.5 cm³/mol. The number of carbonyl (C=O) groups is 1. The van der Waals surface area contributed by atoms with Crippen molar-refractivity contribution in [1.29, 1.82) is 0 Å². The van der Waals surface area contributed by atoms with Gasteiger partial charge in [0.05, 0.1) is 6.42 Å². The topological polar surface area (TPSA) is 57.5 Å². The summed E-state index contributed by atoms with van der Waals surface area (Å²) in [6, 6.07) is 0. The molecule has 0 amide bonds. The zero-order valence-electron chi connectivity index (χ0n) is 4.09. The largest absolute Gasteiger partial charge is 0.368 e. The van der Waals surface area contributed by atoms with E-state index in [1.807, 2.05) is 0 Å². The SMILES string of the molecule is CC(=O)CC(O)O. The summed E-state index contributed by atoms with van der Waals surface area (Å²) in [5.41, 5.74) is 0. The molecule has 0 rings (SSSR count). The first-order valence-electron chi connectivity index (χ1n) is 1.98. The molecule has 0 aliphatic heterocycles. The third-order valence-corrected chi connectivity index (χ3v) is 0.470. The summed E-state index contributed by atoms with van der Waals surface area (Å²) in [7, 11) is 0. The van der Waals surface area contributed by atoms with Crippen LogP contribution in [0.4, 0.5) is 0 Å². The fourth-order valence-corrected chi connectivity index (χ4v) is 0.257. The maximum atomic E-state index is 9.93. The summed E-state index contributed by atoms with van der Waals surface area (Å²) < 4.78 is 0. The van der Waals surface area contributed by atoms with E-state index in [1.54, 1.807) is 0 Å². The third kappa shape index (κ3) is 5.59. The number of ketones is 1. The highest BCUT2D eigenvalue weighted by molar-refractivity contribution is 5.75. The van der Waals surface area contributed by atoms with E-state index < -0.39 is 6.29 Å². The fraction of sp³-hybridized carbons (Fsp3) is 0.750. The van der Waals surface area contributed by atoms with Gasteiger partial charge in [-0.2, -0.15) is 0 Å². The van der Waals surface area contributed by atoms with Gasteiger partial charge >= 0.3 is 0 Å². The molecule has 0 atom stereocenters. The van der Waals surface area contributed by atoms with Crippen LogP contribution in [0.2, 0.25) is 0 Å². The van der Waals surface area contributed by atoms with Crippen molar-refractivity contribution >= 4 is 5.78 Å². The molecule has 0 radical (unpaired) electrons. The molecule has 0 fully saturated rings. The number of Topliss-reactive ketones (excluding diaryl/α,β-unsaturated/α-hetero) is 1. The van der Waals surface area contributed by atoms with Crippen LogP contribution >= 0.6 is 0 Å². The summed E-state index contributed by atoms with van der Waals surface area (Å²) >= 11 is 0. The van der Waals surface area contributed by atoms with Crippen molar-refractivity contribution in [2.75, 3.05) is 0 Å². The average Bonchev–Trinajstić information content (AvgIpc) is 1.27. The number of aliphatic hydroxyl groups excluding tert-OH is 1. The van der Waals surface area contributed by atoms with Crippen LogP contribution in [0.3, 0.4) is 0 Å². The minimum absolute atomic E-state index is 0.167. The number of carbonyl (C=O) groups excluding carboxylic acids is 1. The molecule has 3 heteroatoms. The van der Waals surface area contributed by atoms with Gasteiger partial charge in [-0.05, 0) is 6.92 Å². The van der Waals surface area contributed by atoms with Crippen molar-refractivity contribution < 1.29 is 15.0 Å². The summed E-state index contributed by atoms with van der Waals surface area (Å²) in [5, 5.41) is 16.1. The van der Waals surface area contributed by atoms with Gasteiger partial charge in [-0.3, -0.25) is 4.79 Å². The Labute approximate surface area is 41.6 Å². The fourth-order valence-electron chi connectivity index (χ4n) is 0.257. The van der Waals surface area contributed by atoms with Crippen LogP contribution in [0.1, 0.15) is 13.3 Å². The highest BCUT2D eigenvalue weighted by Gasteiger charge is 1.98. The molecule has 0 saturated heterocycles. The molecule has 3 nitrogen and oxygen atoms in total. The van der Waals surface area contributed by atoms with Gasteiger partial charge in [-0.25, -0.2) is 0 Å². The molecule has 0 aliphatic rings. The quantitative estimate of drug-likeness (QED) is 0.454. The number of hydrogen-bond acceptors (Lipinski definition) is 3. The van der Waals surface area contributed by atoms with Crippen molar-refractivity contribution in [3.63, 3.8) is 0 Å². The van der Waals surface area contributed by atoms with Gasteiger partial charge < -0.3 is 10.2 Å². The van der Waals surface area contributed by atoms with E-state index in [9.17, 15) is 4.79 Å². The molecule has 0 aromatic heterocycles. The highest BCUT2D eigenvalue weighted by atomic mass is 16.5. The third-order valence-electron chi connectivity index (χ3n) is 0.470. The summed E-state index contributed by atoms with van der Waals surface area (Å²) in [4.78, 5) is 9.93. The smallest absolute Gasteiger partial charge is 0.158 e. The molecule has 0 heterocycles. The highest BCUT2D eigenvalue weighted by Crippen LogP contribution is 1.84. The predicted octanol–water partition coefficient (Wildman–Crippen LogP) is -0.724. The zero-order chi connectivity index (χ0) is 5.86. The van der Waals surface area contributed by atoms with Gasteiger partial charge in [0.2, 0.25) is 0 Å². The lowest BCUT2D eigenvalue weighted by Gasteiger charge is -1.94. The molecule has 42 valence electrons. The Hall–Kier alpha value is -0.410. The lowest BCUT2D eigenvalue weighted by Crippen LogP contribution is -2.08. The molecular weight excluding hydrogens is 96.0 g/mol. The molecule has 2 N–H and O–H groups in total. The Kier molecular flexibility index (Phi) is 2.55. The van der Waals surface area contributed by atoms with E-state index in [-0.39, 0.29) is 12.2 Å². The average molecular weight is 104 g/mol. The first kappa shape index (κ1) is 6.59. The van der Waals surface area contributed by atoms with Gasteiger partial charge in [-0.1, -0.05) is 0 Å². The van der Waals surface area contributed by atoms with Crippen molar-refractivity contribution in [2.45, 2.75) is 19.6 Å². The van der Waals surface area contributed by atoms with E-state index in [1.165, 1.54) is 6.92 Å². The number of aliphatic hydroxyl groups is 2. The second kappa shape index (κ2) is 2.71. The normalized spacial score (nSPS) is 9.71. The first-order chi connectivity index (χ1) is 3.13. The van der Waals surface area contributed by atoms with E-state index in [4.69, 9.17) is 10.2 Å². The lowest BCUT2D eigenvalue weighted by molar-refractivity contribution is -0.125. The molecule has 0 aliphatic carbocycles. The molecule has 0 spiro atoms. The Balaban J connectivity index is 3.13. The standard InChI is InChI=1S/C4H8O3/c1-3(5)2-4(6)7/h4,6-7H,2H2,1H3. The Morgan fingerprint density at radius 3 is 2.14 bits per heavy atom. The number of hydrogen-bond donors (Lipinski definition) is 2. The van der Waals surface area contributed by atoms with Gasteiger partial charge in [0.1, 0.15) is 5.78 Å². The van der Waals surface area contributed by atoms with Crippen molar-refractivity contribution in [2.24, 2.45) is 0 Å². The van der Waals surface area contributed by atoms with Crippen LogP contribution in [0.15, 0.2) is 0 Å². The number of rotatable bonds is 2. The van der Waals surface area contributed by atoms with E-state index >= 15 is 0 Å². The monoisotopic (exact) mass is 104 g/mol. The molecule has 0 aromatic carbocycles. The minimum atomic E-state index is -1.47. The zero-order valence-corrected chi connectivity index (χ0v) is 4.09. The van der Waals surface area contributed by atoms with Crippen LogP contribution in [-0.4, -0.2) is 22.3 Å². The van der Waals surface area contributed by atoms with Crippen molar-refractivity contribution in [1.82, 2.24) is 0 Å². The minimum Gasteiger partial charge on any atom is -0.368 e. The Morgan fingerprint density at radius 2 is 2.14 bits per heavy atom. The van der Waals surface area contributed by atoms with Crippen molar-refractivity contribution in [3.05, 3.63) is 0 Å². The van der Waals surface area contributed by atoms with Crippen LogP contribution in [0.25, 0.3) is 0 Å². The maximum absolute atomic E-state index is 9.93. The summed E-state index contributed by atoms with van der Waals surface area (Å²) in [5.74, 6) is -0.213. The van der Waals surface area contributed by atoms with Gasteiger partial charge in [-0.15, -0.1) is 0 Å². The van der Waals surface area contributed by atoms with E-state index in [2.05, 4.69) is 0 Å². The first-order valence-corrected chi connectivity index (χ1v) is 1.98. The summed E-state index contributed by atoms with van der Waals surface area (Å²) in [6.07, 6.45) is -1.64. The molecule has 7 heavy (non-hydrogen) atoms. The van der Waals surface area contributed by atoms with E-state index in [0.717, 1.165) is 0 Å². The van der Waals surface area contributed by atoms with Gasteiger partial charge in [0.25, 0.3) is 0 Å². The van der Waals surface area contributed by atoms with E-state index in [0.29, 0.717) is 0 Å². The molecule has 0 saturated carbocycles. The lowest BCUT2D eigenvalue weighted by atomic mass is 10.3. The van der Waals surface area contributed by atoms with Crippen molar-refractivity contribution in [3.8, 4) is 0 Å². The molecular formula is C4H8O3. The molecule has 0 bridgehead atoms. The maximum Gasteiger partial charge on any atom is 0.158 e. The second-order valence-corrected chi connectivity index (χ2v) is 1.39. The van der Waals surface area contributed by atoms with Crippen LogP contribution in [0, 0.1) is 0 Å². The van der Waals surface area contributed by atoms with Crippen LogP contribution in [-0.2, 0) is 4.79 Å². The molecule has 0 unspecified atom stereocenters. The molecule has 0 aromatic rings.